The van der Waals surface area contributed by atoms with Gasteiger partial charge in [-0.2, -0.15) is 11.3 Å². The molecule has 0 saturated carbocycles. The van der Waals surface area contributed by atoms with Crippen LogP contribution in [0.25, 0.3) is 0 Å². The number of nitrogens with one attached hydrogen (secondary N) is 1. The molecule has 0 unspecified atom stereocenters. The van der Waals surface area contributed by atoms with E-state index < -0.39 is 10.0 Å². The van der Waals surface area contributed by atoms with Gasteiger partial charge in [0.1, 0.15) is 0 Å². The summed E-state index contributed by atoms with van der Waals surface area (Å²) < 4.78 is 25.1. The molecule has 1 heterocycles. The second-order valence-electron chi connectivity index (χ2n) is 3.09. The molecule has 0 radical (unpaired) electrons. The summed E-state index contributed by atoms with van der Waals surface area (Å²) in [7, 11) is -3.03. The molecule has 0 bridgehead atoms. The summed E-state index contributed by atoms with van der Waals surface area (Å²) in [5, 5.41) is 4.03. The van der Waals surface area contributed by atoms with Crippen molar-refractivity contribution >= 4 is 21.4 Å². The highest BCUT2D eigenvalue weighted by Gasteiger charge is 2.06. The number of thiophene rings is 1. The Labute approximate surface area is 89.2 Å². The first kappa shape index (κ1) is 11.7. The Balaban J connectivity index is 2.28. The lowest BCUT2D eigenvalue weighted by molar-refractivity contribution is 0.580. The van der Waals surface area contributed by atoms with Crippen molar-refractivity contribution in [2.45, 2.75) is 19.8 Å². The summed E-state index contributed by atoms with van der Waals surface area (Å²) in [5.74, 6) is 0.219. The Kier molecular flexibility index (Phi) is 4.57. The van der Waals surface area contributed by atoms with Crippen LogP contribution in [0.15, 0.2) is 16.8 Å². The molecule has 14 heavy (non-hydrogen) atoms. The summed E-state index contributed by atoms with van der Waals surface area (Å²) in [6, 6.07) is 2.01. The zero-order valence-electron chi connectivity index (χ0n) is 8.19. The van der Waals surface area contributed by atoms with Crippen LogP contribution in [0.1, 0.15) is 18.9 Å². The van der Waals surface area contributed by atoms with E-state index >= 15 is 0 Å². The van der Waals surface area contributed by atoms with Crippen molar-refractivity contribution < 1.29 is 8.42 Å². The van der Waals surface area contributed by atoms with Crippen molar-refractivity contribution in [3.8, 4) is 0 Å². The van der Waals surface area contributed by atoms with E-state index in [-0.39, 0.29) is 5.75 Å². The van der Waals surface area contributed by atoms with Gasteiger partial charge in [-0.15, -0.1) is 0 Å². The minimum Gasteiger partial charge on any atom is -0.215 e. The lowest BCUT2D eigenvalue weighted by Crippen LogP contribution is -2.28. The van der Waals surface area contributed by atoms with Crippen molar-refractivity contribution in [3.05, 3.63) is 22.4 Å². The lowest BCUT2D eigenvalue weighted by Gasteiger charge is -2.03. The third kappa shape index (κ3) is 4.21. The van der Waals surface area contributed by atoms with Crippen molar-refractivity contribution in [3.63, 3.8) is 0 Å². The summed E-state index contributed by atoms with van der Waals surface area (Å²) in [6.07, 6.45) is 1.43. The van der Waals surface area contributed by atoms with Gasteiger partial charge in [0.05, 0.1) is 5.75 Å². The Bertz CT molecular complexity index is 343. The third-order valence-electron chi connectivity index (χ3n) is 1.79. The molecule has 0 amide bonds. The van der Waals surface area contributed by atoms with Crippen LogP contribution in [0, 0.1) is 0 Å². The van der Waals surface area contributed by atoms with Gasteiger partial charge in [-0.05, 0) is 35.2 Å². The minimum absolute atomic E-state index is 0.219. The van der Waals surface area contributed by atoms with Crippen LogP contribution in [0.5, 0.6) is 0 Å². The standard InChI is InChI=1S/C9H15NO2S2/c1-2-7-14(11,12)10-5-3-9-4-6-13-8-9/h4,6,8,10H,2-3,5,7H2,1H3. The zero-order chi connectivity index (χ0) is 10.4. The Hall–Kier alpha value is -0.390. The fourth-order valence-electron chi connectivity index (χ4n) is 1.13. The second-order valence-corrected chi connectivity index (χ2v) is 5.80. The van der Waals surface area contributed by atoms with E-state index in [0.29, 0.717) is 13.0 Å². The highest BCUT2D eigenvalue weighted by molar-refractivity contribution is 7.89. The zero-order valence-corrected chi connectivity index (χ0v) is 9.83. The van der Waals surface area contributed by atoms with Crippen molar-refractivity contribution in [2.24, 2.45) is 0 Å². The van der Waals surface area contributed by atoms with Gasteiger partial charge in [-0.3, -0.25) is 0 Å². The molecular formula is C9H15NO2S2. The van der Waals surface area contributed by atoms with Gasteiger partial charge in [0, 0.05) is 6.54 Å². The number of rotatable bonds is 6. The quantitative estimate of drug-likeness (QED) is 0.811. The lowest BCUT2D eigenvalue weighted by atomic mass is 10.2. The molecule has 0 aromatic carbocycles. The average molecular weight is 233 g/mol. The topological polar surface area (TPSA) is 46.2 Å². The first-order valence-corrected chi connectivity index (χ1v) is 7.22. The molecule has 0 saturated heterocycles. The second kappa shape index (κ2) is 5.48. The largest absolute Gasteiger partial charge is 0.215 e. The molecule has 5 heteroatoms. The van der Waals surface area contributed by atoms with Gasteiger partial charge < -0.3 is 0 Å². The number of sulfonamides is 1. The summed E-state index contributed by atoms with van der Waals surface area (Å²) in [5.41, 5.74) is 1.19. The molecule has 0 fully saturated rings. The molecular weight excluding hydrogens is 218 g/mol. The maximum atomic E-state index is 11.3. The van der Waals surface area contributed by atoms with E-state index in [2.05, 4.69) is 4.72 Å². The monoisotopic (exact) mass is 233 g/mol. The molecule has 0 aliphatic heterocycles. The number of hydrogen-bond donors (Lipinski definition) is 1. The van der Waals surface area contributed by atoms with Crippen LogP contribution in [-0.2, 0) is 16.4 Å². The fraction of sp³-hybridized carbons (Fsp3) is 0.556. The maximum Gasteiger partial charge on any atom is 0.211 e. The van der Waals surface area contributed by atoms with Gasteiger partial charge in [-0.1, -0.05) is 6.92 Å². The SMILES string of the molecule is CCCS(=O)(=O)NCCc1ccsc1. The predicted molar refractivity (Wildman–Crippen MR) is 60.1 cm³/mol. The normalized spacial score (nSPS) is 11.8. The van der Waals surface area contributed by atoms with E-state index in [9.17, 15) is 8.42 Å². The highest BCUT2D eigenvalue weighted by atomic mass is 32.2. The molecule has 0 aliphatic carbocycles. The van der Waals surface area contributed by atoms with Gasteiger partial charge >= 0.3 is 0 Å². The minimum atomic E-state index is -3.03. The van der Waals surface area contributed by atoms with Crippen molar-refractivity contribution in [1.82, 2.24) is 4.72 Å². The van der Waals surface area contributed by atoms with Crippen molar-refractivity contribution in [2.75, 3.05) is 12.3 Å². The average Bonchev–Trinajstić information content (AvgIpc) is 2.56. The Morgan fingerprint density at radius 1 is 1.50 bits per heavy atom. The molecule has 1 N–H and O–H groups in total. The predicted octanol–water partition coefficient (Wildman–Crippen LogP) is 1.62. The Morgan fingerprint density at radius 3 is 2.86 bits per heavy atom. The van der Waals surface area contributed by atoms with E-state index in [4.69, 9.17) is 0 Å². The smallest absolute Gasteiger partial charge is 0.211 e. The molecule has 1 aromatic rings. The van der Waals surface area contributed by atoms with Crippen LogP contribution in [0.2, 0.25) is 0 Å². The molecule has 80 valence electrons. The molecule has 0 atom stereocenters. The fourth-order valence-corrected chi connectivity index (χ4v) is 2.92. The van der Waals surface area contributed by atoms with Crippen LogP contribution in [0.4, 0.5) is 0 Å². The van der Waals surface area contributed by atoms with E-state index in [0.717, 1.165) is 6.42 Å². The molecule has 0 aliphatic rings. The summed E-state index contributed by atoms with van der Waals surface area (Å²) in [4.78, 5) is 0. The van der Waals surface area contributed by atoms with Gasteiger partial charge in [-0.25, -0.2) is 13.1 Å². The van der Waals surface area contributed by atoms with Crippen LogP contribution in [-0.4, -0.2) is 20.7 Å². The van der Waals surface area contributed by atoms with Gasteiger partial charge in [0.2, 0.25) is 10.0 Å². The van der Waals surface area contributed by atoms with Crippen molar-refractivity contribution in [1.29, 1.82) is 0 Å². The van der Waals surface area contributed by atoms with Crippen LogP contribution >= 0.6 is 11.3 Å². The molecule has 0 spiro atoms. The first-order chi connectivity index (χ1) is 6.64. The summed E-state index contributed by atoms with van der Waals surface area (Å²) in [6.45, 7) is 2.36. The van der Waals surface area contributed by atoms with E-state index in [1.54, 1.807) is 11.3 Å². The Morgan fingerprint density at radius 2 is 2.29 bits per heavy atom. The number of hydrogen-bond acceptors (Lipinski definition) is 3. The van der Waals surface area contributed by atoms with Crippen LogP contribution in [0.3, 0.4) is 0 Å². The molecule has 1 rings (SSSR count). The molecule has 1 aromatic heterocycles. The molecule has 3 nitrogen and oxygen atoms in total. The third-order valence-corrected chi connectivity index (χ3v) is 4.11. The van der Waals surface area contributed by atoms with Gasteiger partial charge in [0.15, 0.2) is 0 Å². The van der Waals surface area contributed by atoms with Gasteiger partial charge in [0.25, 0.3) is 0 Å². The van der Waals surface area contributed by atoms with E-state index in [1.165, 1.54) is 5.56 Å². The first-order valence-electron chi connectivity index (χ1n) is 4.62. The maximum absolute atomic E-state index is 11.3. The highest BCUT2D eigenvalue weighted by Crippen LogP contribution is 2.05. The summed E-state index contributed by atoms with van der Waals surface area (Å²) >= 11 is 1.63. The van der Waals surface area contributed by atoms with E-state index in [1.807, 2.05) is 23.8 Å². The van der Waals surface area contributed by atoms with Crippen LogP contribution < -0.4 is 4.72 Å².